The molecule has 0 aliphatic heterocycles. The molecule has 2 rings (SSSR count). The number of nitrogens with one attached hydrogen (secondary N) is 1. The Labute approximate surface area is 104 Å². The highest BCUT2D eigenvalue weighted by Crippen LogP contribution is 2.54. The van der Waals surface area contributed by atoms with E-state index in [1.54, 1.807) is 7.11 Å². The van der Waals surface area contributed by atoms with Crippen LogP contribution in [0.15, 0.2) is 10.5 Å². The number of hydrogen-bond donors (Lipinski definition) is 1. The van der Waals surface area contributed by atoms with E-state index in [0.717, 1.165) is 37.1 Å². The molecular weight excluding hydrogens is 214 g/mol. The maximum absolute atomic E-state index is 5.63. The normalized spacial score (nSPS) is 27.4. The fourth-order valence-electron chi connectivity index (χ4n) is 2.73. The van der Waals surface area contributed by atoms with Gasteiger partial charge < -0.3 is 14.5 Å². The van der Waals surface area contributed by atoms with Crippen LogP contribution in [0.1, 0.15) is 30.4 Å². The highest BCUT2D eigenvalue weighted by molar-refractivity contribution is 5.36. The molecule has 0 radical (unpaired) electrons. The fourth-order valence-corrected chi connectivity index (χ4v) is 2.73. The third-order valence-electron chi connectivity index (χ3n) is 3.94. The molecule has 0 amide bonds. The highest BCUT2D eigenvalue weighted by atomic mass is 16.5. The lowest BCUT2D eigenvalue weighted by molar-refractivity contribution is 0.199. The van der Waals surface area contributed by atoms with Crippen LogP contribution < -0.4 is 5.32 Å². The van der Waals surface area contributed by atoms with Crippen molar-refractivity contribution in [2.24, 2.45) is 5.92 Å². The van der Waals surface area contributed by atoms with Crippen LogP contribution in [0.25, 0.3) is 0 Å². The Morgan fingerprint density at radius 1 is 1.53 bits per heavy atom. The lowest BCUT2D eigenvalue weighted by atomic mass is 9.95. The Balaban J connectivity index is 1.88. The minimum Gasteiger partial charge on any atom is -0.466 e. The van der Waals surface area contributed by atoms with E-state index in [9.17, 15) is 0 Å². The van der Waals surface area contributed by atoms with E-state index in [4.69, 9.17) is 9.15 Å². The van der Waals surface area contributed by atoms with Crippen molar-refractivity contribution in [2.75, 3.05) is 26.8 Å². The summed E-state index contributed by atoms with van der Waals surface area (Å²) in [6.45, 7) is 9.23. The van der Waals surface area contributed by atoms with Gasteiger partial charge in [0.05, 0.1) is 6.61 Å². The summed E-state index contributed by atoms with van der Waals surface area (Å²) in [6.07, 6.45) is 1.26. The summed E-state index contributed by atoms with van der Waals surface area (Å²) in [5.74, 6) is 2.84. The van der Waals surface area contributed by atoms with Gasteiger partial charge in [0.25, 0.3) is 0 Å². The molecule has 1 saturated carbocycles. The molecule has 1 aliphatic carbocycles. The monoisotopic (exact) mass is 237 g/mol. The zero-order valence-electron chi connectivity index (χ0n) is 11.3. The summed E-state index contributed by atoms with van der Waals surface area (Å²) in [5.41, 5.74) is 1.72. The molecule has 0 bridgehead atoms. The van der Waals surface area contributed by atoms with Gasteiger partial charge in [0.15, 0.2) is 0 Å². The van der Waals surface area contributed by atoms with Crippen molar-refractivity contribution in [3.63, 3.8) is 0 Å². The van der Waals surface area contributed by atoms with Gasteiger partial charge in [-0.15, -0.1) is 0 Å². The van der Waals surface area contributed by atoms with E-state index in [-0.39, 0.29) is 0 Å². The minimum atomic E-state index is 0.321. The minimum absolute atomic E-state index is 0.321. The first-order chi connectivity index (χ1) is 8.08. The molecule has 1 heterocycles. The number of furan rings is 1. The van der Waals surface area contributed by atoms with E-state index in [0.29, 0.717) is 5.41 Å². The number of aryl methyl sites for hydroxylation is 2. The number of methoxy groups -OCH3 is 1. The van der Waals surface area contributed by atoms with Gasteiger partial charge in [-0.1, -0.05) is 6.92 Å². The van der Waals surface area contributed by atoms with Gasteiger partial charge >= 0.3 is 0 Å². The lowest BCUT2D eigenvalue weighted by Crippen LogP contribution is -2.24. The first-order valence-electron chi connectivity index (χ1n) is 6.35. The zero-order chi connectivity index (χ0) is 12.5. The Kier molecular flexibility index (Phi) is 3.59. The summed E-state index contributed by atoms with van der Waals surface area (Å²) >= 11 is 0. The maximum atomic E-state index is 5.63. The Morgan fingerprint density at radius 3 is 2.88 bits per heavy atom. The molecule has 1 fully saturated rings. The van der Waals surface area contributed by atoms with Crippen LogP contribution in [-0.2, 0) is 10.2 Å². The predicted octanol–water partition coefficient (Wildman–Crippen LogP) is 2.41. The SMILES string of the molecule is COCCNCC1CC1(C)c1cc(C)oc1C. The Bertz CT molecular complexity index is 386. The van der Waals surface area contributed by atoms with Crippen molar-refractivity contribution in [1.29, 1.82) is 0 Å². The number of hydrogen-bond acceptors (Lipinski definition) is 3. The van der Waals surface area contributed by atoms with Crippen molar-refractivity contribution >= 4 is 0 Å². The van der Waals surface area contributed by atoms with Crippen LogP contribution in [0.3, 0.4) is 0 Å². The van der Waals surface area contributed by atoms with Gasteiger partial charge in [0.1, 0.15) is 11.5 Å². The Morgan fingerprint density at radius 2 is 2.29 bits per heavy atom. The molecule has 1 aliphatic rings. The second-order valence-corrected chi connectivity index (χ2v) is 5.34. The summed E-state index contributed by atoms with van der Waals surface area (Å²) in [7, 11) is 1.74. The largest absolute Gasteiger partial charge is 0.466 e. The topological polar surface area (TPSA) is 34.4 Å². The van der Waals surface area contributed by atoms with Crippen molar-refractivity contribution in [3.05, 3.63) is 23.2 Å². The average Bonchev–Trinajstić information content (AvgIpc) is 2.80. The van der Waals surface area contributed by atoms with E-state index >= 15 is 0 Å². The van der Waals surface area contributed by atoms with Crippen LogP contribution in [0.4, 0.5) is 0 Å². The van der Waals surface area contributed by atoms with E-state index in [1.807, 2.05) is 6.92 Å². The molecule has 0 aromatic carbocycles. The first-order valence-corrected chi connectivity index (χ1v) is 6.35. The molecule has 1 N–H and O–H groups in total. The second kappa shape index (κ2) is 4.83. The summed E-state index contributed by atoms with van der Waals surface area (Å²) in [5, 5.41) is 3.44. The molecule has 17 heavy (non-hydrogen) atoms. The summed E-state index contributed by atoms with van der Waals surface area (Å²) in [6, 6.07) is 2.20. The van der Waals surface area contributed by atoms with Crippen LogP contribution >= 0.6 is 0 Å². The van der Waals surface area contributed by atoms with E-state index in [2.05, 4.69) is 25.2 Å². The van der Waals surface area contributed by atoms with Crippen LogP contribution in [0.5, 0.6) is 0 Å². The fraction of sp³-hybridized carbons (Fsp3) is 0.714. The van der Waals surface area contributed by atoms with Crippen molar-refractivity contribution in [3.8, 4) is 0 Å². The Hall–Kier alpha value is -0.800. The van der Waals surface area contributed by atoms with Gasteiger partial charge in [0, 0.05) is 19.1 Å². The second-order valence-electron chi connectivity index (χ2n) is 5.34. The van der Waals surface area contributed by atoms with Crippen LogP contribution in [0.2, 0.25) is 0 Å². The lowest BCUT2D eigenvalue weighted by Gasteiger charge is -2.11. The van der Waals surface area contributed by atoms with Crippen LogP contribution in [0, 0.1) is 19.8 Å². The molecule has 0 saturated heterocycles. The summed E-state index contributed by atoms with van der Waals surface area (Å²) in [4.78, 5) is 0. The first kappa shape index (κ1) is 12.7. The van der Waals surface area contributed by atoms with Gasteiger partial charge in [0.2, 0.25) is 0 Å². The summed E-state index contributed by atoms with van der Waals surface area (Å²) < 4.78 is 10.7. The third kappa shape index (κ3) is 2.55. The van der Waals surface area contributed by atoms with Crippen molar-refractivity contribution in [1.82, 2.24) is 5.32 Å². The van der Waals surface area contributed by atoms with Crippen molar-refractivity contribution in [2.45, 2.75) is 32.6 Å². The van der Waals surface area contributed by atoms with Crippen LogP contribution in [-0.4, -0.2) is 26.8 Å². The van der Waals surface area contributed by atoms with Gasteiger partial charge in [-0.05, 0) is 44.4 Å². The maximum Gasteiger partial charge on any atom is 0.104 e. The molecule has 3 nitrogen and oxygen atoms in total. The molecule has 0 spiro atoms. The third-order valence-corrected chi connectivity index (χ3v) is 3.94. The highest BCUT2D eigenvalue weighted by Gasteiger charge is 2.52. The molecular formula is C14H23NO2. The van der Waals surface area contributed by atoms with E-state index in [1.165, 1.54) is 12.0 Å². The molecule has 2 unspecified atom stereocenters. The smallest absolute Gasteiger partial charge is 0.104 e. The standard InChI is InChI=1S/C14H23NO2/c1-10-7-13(11(2)17-10)14(3)8-12(14)9-15-5-6-16-4/h7,12,15H,5-6,8-9H2,1-4H3. The number of ether oxygens (including phenoxy) is 1. The molecule has 1 aromatic rings. The van der Waals surface area contributed by atoms with Gasteiger partial charge in [-0.2, -0.15) is 0 Å². The van der Waals surface area contributed by atoms with Crippen molar-refractivity contribution < 1.29 is 9.15 Å². The quantitative estimate of drug-likeness (QED) is 0.772. The average molecular weight is 237 g/mol. The predicted molar refractivity (Wildman–Crippen MR) is 68.4 cm³/mol. The molecule has 3 heteroatoms. The zero-order valence-corrected chi connectivity index (χ0v) is 11.3. The molecule has 96 valence electrons. The molecule has 2 atom stereocenters. The van der Waals surface area contributed by atoms with Gasteiger partial charge in [-0.3, -0.25) is 0 Å². The molecule has 1 aromatic heterocycles. The number of rotatable bonds is 6. The van der Waals surface area contributed by atoms with Gasteiger partial charge in [-0.25, -0.2) is 0 Å². The van der Waals surface area contributed by atoms with E-state index < -0.39 is 0 Å².